The van der Waals surface area contributed by atoms with Crippen LogP contribution < -0.4 is 10.6 Å². The lowest BCUT2D eigenvalue weighted by Crippen LogP contribution is -2.39. The molecule has 0 spiro atoms. The van der Waals surface area contributed by atoms with E-state index < -0.39 is 0 Å². The highest BCUT2D eigenvalue weighted by Gasteiger charge is 2.19. The van der Waals surface area contributed by atoms with E-state index in [0.717, 1.165) is 27.5 Å². The van der Waals surface area contributed by atoms with Gasteiger partial charge in [-0.05, 0) is 48.7 Å². The average molecular weight is 480 g/mol. The van der Waals surface area contributed by atoms with Crippen molar-refractivity contribution in [3.8, 4) is 0 Å². The molecular formula is C29H29N5O2. The largest absolute Gasteiger partial charge is 0.351 e. The van der Waals surface area contributed by atoms with Gasteiger partial charge in [-0.15, -0.1) is 0 Å². The summed E-state index contributed by atoms with van der Waals surface area (Å²) in [7, 11) is 3.81. The van der Waals surface area contributed by atoms with Gasteiger partial charge < -0.3 is 19.8 Å². The summed E-state index contributed by atoms with van der Waals surface area (Å²) in [6, 6.07) is 25.3. The number of carbonyl (C=O) groups excluding carboxylic acids is 2. The second-order valence-corrected chi connectivity index (χ2v) is 9.05. The number of rotatable bonds is 8. The highest BCUT2D eigenvalue weighted by atomic mass is 16.2. The van der Waals surface area contributed by atoms with E-state index >= 15 is 0 Å². The minimum absolute atomic E-state index is 0.116. The molecule has 7 nitrogen and oxygen atoms in total. The Morgan fingerprint density at radius 1 is 0.861 bits per heavy atom. The summed E-state index contributed by atoms with van der Waals surface area (Å²) in [5.41, 5.74) is 4.48. The predicted octanol–water partition coefficient (Wildman–Crippen LogP) is 4.23. The minimum Gasteiger partial charge on any atom is -0.351 e. The van der Waals surface area contributed by atoms with Crippen molar-refractivity contribution in [2.75, 3.05) is 6.54 Å². The number of nitrogens with one attached hydrogen (secondary N) is 2. The van der Waals surface area contributed by atoms with Gasteiger partial charge in [0.2, 0.25) is 0 Å². The maximum absolute atomic E-state index is 13.3. The van der Waals surface area contributed by atoms with Crippen LogP contribution in [0, 0.1) is 0 Å². The molecule has 36 heavy (non-hydrogen) atoms. The summed E-state index contributed by atoms with van der Waals surface area (Å²) in [6.45, 7) is 0.412. The fourth-order valence-electron chi connectivity index (χ4n) is 4.67. The molecule has 0 saturated heterocycles. The number of hydrogen-bond donors (Lipinski definition) is 2. The third kappa shape index (κ3) is 4.73. The van der Waals surface area contributed by atoms with Gasteiger partial charge >= 0.3 is 0 Å². The van der Waals surface area contributed by atoms with Gasteiger partial charge in [0.15, 0.2) is 5.82 Å². The van der Waals surface area contributed by atoms with Crippen LogP contribution in [-0.2, 0) is 20.5 Å². The van der Waals surface area contributed by atoms with Crippen LogP contribution in [0.4, 0.5) is 0 Å². The number of fused-ring (bicyclic) bond motifs is 2. The SMILES string of the molecule is Cn1ccc2c(C(=O)NC(CCNC(=O)c3nc4ccccc4n3C)Cc3ccccc3)cccc21. The number of aromatic nitrogens is 3. The van der Waals surface area contributed by atoms with E-state index in [1.165, 1.54) is 0 Å². The second kappa shape index (κ2) is 10.1. The number of para-hydroxylation sites is 2. The van der Waals surface area contributed by atoms with E-state index in [1.807, 2.05) is 91.6 Å². The standard InChI is InChI=1S/C29H29N5O2/c1-33-18-16-22-23(11-8-14-25(22)33)28(35)31-21(19-20-9-4-3-5-10-20)15-17-30-29(36)27-32-24-12-6-7-13-26(24)34(27)2/h3-14,16,18,21H,15,17,19H2,1-2H3,(H,30,36)(H,31,35). The number of hydrogen-bond acceptors (Lipinski definition) is 3. The van der Waals surface area contributed by atoms with Crippen molar-refractivity contribution in [2.45, 2.75) is 18.9 Å². The van der Waals surface area contributed by atoms with Crippen molar-refractivity contribution in [1.82, 2.24) is 24.8 Å². The molecule has 0 saturated carbocycles. The summed E-state index contributed by atoms with van der Waals surface area (Å²) >= 11 is 0. The Morgan fingerprint density at radius 3 is 2.42 bits per heavy atom. The number of amides is 2. The highest BCUT2D eigenvalue weighted by molar-refractivity contribution is 6.06. The van der Waals surface area contributed by atoms with Gasteiger partial charge in [0.25, 0.3) is 11.8 Å². The van der Waals surface area contributed by atoms with E-state index in [4.69, 9.17) is 0 Å². The molecule has 5 rings (SSSR count). The Balaban J connectivity index is 1.30. The molecule has 0 aliphatic carbocycles. The monoisotopic (exact) mass is 479 g/mol. The third-order valence-electron chi connectivity index (χ3n) is 6.60. The van der Waals surface area contributed by atoms with E-state index in [9.17, 15) is 9.59 Å². The van der Waals surface area contributed by atoms with Crippen molar-refractivity contribution in [1.29, 1.82) is 0 Å². The van der Waals surface area contributed by atoms with E-state index in [1.54, 1.807) is 4.57 Å². The molecule has 7 heteroatoms. The second-order valence-electron chi connectivity index (χ2n) is 9.05. The molecule has 2 heterocycles. The Hall–Kier alpha value is -4.39. The number of aryl methyl sites for hydroxylation is 2. The summed E-state index contributed by atoms with van der Waals surface area (Å²) in [5, 5.41) is 7.12. The smallest absolute Gasteiger partial charge is 0.287 e. The van der Waals surface area contributed by atoms with Crippen LogP contribution in [0.2, 0.25) is 0 Å². The predicted molar refractivity (Wildman–Crippen MR) is 142 cm³/mol. The average Bonchev–Trinajstić information content (AvgIpc) is 3.44. The quantitative estimate of drug-likeness (QED) is 0.350. The number of imidazole rings is 1. The molecular weight excluding hydrogens is 450 g/mol. The summed E-state index contributed by atoms with van der Waals surface area (Å²) < 4.78 is 3.80. The Bertz CT molecular complexity index is 1530. The van der Waals surface area contributed by atoms with E-state index in [0.29, 0.717) is 30.8 Å². The van der Waals surface area contributed by atoms with Gasteiger partial charge in [-0.25, -0.2) is 4.98 Å². The lowest BCUT2D eigenvalue weighted by atomic mass is 10.0. The van der Waals surface area contributed by atoms with Gasteiger partial charge in [-0.1, -0.05) is 48.5 Å². The van der Waals surface area contributed by atoms with Gasteiger partial charge in [0.1, 0.15) is 0 Å². The minimum atomic E-state index is -0.229. The highest BCUT2D eigenvalue weighted by Crippen LogP contribution is 2.20. The zero-order chi connectivity index (χ0) is 25.1. The van der Waals surface area contributed by atoms with Crippen LogP contribution in [-0.4, -0.2) is 38.5 Å². The molecule has 0 radical (unpaired) electrons. The molecule has 3 aromatic carbocycles. The van der Waals surface area contributed by atoms with Crippen molar-refractivity contribution in [2.24, 2.45) is 14.1 Å². The summed E-state index contributed by atoms with van der Waals surface area (Å²) in [6.07, 6.45) is 3.21. The maximum atomic E-state index is 13.3. The Kier molecular flexibility index (Phi) is 6.54. The first-order chi connectivity index (χ1) is 17.5. The van der Waals surface area contributed by atoms with Gasteiger partial charge in [0.05, 0.1) is 11.0 Å². The normalized spacial score (nSPS) is 12.1. The Morgan fingerprint density at radius 2 is 1.61 bits per heavy atom. The molecule has 2 N–H and O–H groups in total. The van der Waals surface area contributed by atoms with Gasteiger partial charge in [0, 0.05) is 49.3 Å². The molecule has 1 unspecified atom stereocenters. The van der Waals surface area contributed by atoms with Crippen molar-refractivity contribution >= 4 is 33.8 Å². The fourth-order valence-corrected chi connectivity index (χ4v) is 4.67. The zero-order valence-electron chi connectivity index (χ0n) is 20.4. The first kappa shape index (κ1) is 23.4. The number of carbonyl (C=O) groups is 2. The molecule has 0 fully saturated rings. The van der Waals surface area contributed by atoms with E-state index in [-0.39, 0.29) is 17.9 Å². The lowest BCUT2D eigenvalue weighted by Gasteiger charge is -2.20. The Labute approximate surface area is 209 Å². The first-order valence-electron chi connectivity index (χ1n) is 12.1. The van der Waals surface area contributed by atoms with Crippen LogP contribution in [0.15, 0.2) is 85.1 Å². The van der Waals surface area contributed by atoms with Crippen molar-refractivity contribution in [3.05, 3.63) is 102 Å². The molecule has 0 aliphatic rings. The van der Waals surface area contributed by atoms with Crippen molar-refractivity contribution < 1.29 is 9.59 Å². The van der Waals surface area contributed by atoms with Crippen molar-refractivity contribution in [3.63, 3.8) is 0 Å². The maximum Gasteiger partial charge on any atom is 0.287 e. The van der Waals surface area contributed by atoms with Gasteiger partial charge in [-0.3, -0.25) is 9.59 Å². The number of nitrogens with zero attached hydrogens (tertiary/aromatic N) is 3. The zero-order valence-corrected chi connectivity index (χ0v) is 20.4. The van der Waals surface area contributed by atoms with Crippen LogP contribution >= 0.6 is 0 Å². The molecule has 2 amide bonds. The molecule has 0 aliphatic heterocycles. The topological polar surface area (TPSA) is 81.0 Å². The molecule has 2 aromatic heterocycles. The summed E-state index contributed by atoms with van der Waals surface area (Å²) in [5.74, 6) is 0.0255. The summed E-state index contributed by atoms with van der Waals surface area (Å²) in [4.78, 5) is 30.7. The van der Waals surface area contributed by atoms with E-state index in [2.05, 4.69) is 27.8 Å². The van der Waals surface area contributed by atoms with Crippen LogP contribution in [0.25, 0.3) is 21.9 Å². The van der Waals surface area contributed by atoms with Gasteiger partial charge in [-0.2, -0.15) is 0 Å². The first-order valence-corrected chi connectivity index (χ1v) is 12.1. The van der Waals surface area contributed by atoms with Crippen LogP contribution in [0.3, 0.4) is 0 Å². The van der Waals surface area contributed by atoms with Crippen LogP contribution in [0.1, 0.15) is 33.0 Å². The van der Waals surface area contributed by atoms with Crippen LogP contribution in [0.5, 0.6) is 0 Å². The molecule has 0 bridgehead atoms. The number of benzene rings is 3. The molecule has 182 valence electrons. The fraction of sp³-hybridized carbons (Fsp3) is 0.207. The lowest BCUT2D eigenvalue weighted by molar-refractivity contribution is 0.0932. The molecule has 1 atom stereocenters. The molecule has 5 aromatic rings. The third-order valence-corrected chi connectivity index (χ3v) is 6.60.